The quantitative estimate of drug-likeness (QED) is 0.388. The molecule has 5 nitrogen and oxygen atoms in total. The minimum atomic E-state index is -1.32. The zero-order valence-electron chi connectivity index (χ0n) is 7.63. The number of rotatable bonds is 1. The highest BCUT2D eigenvalue weighted by atomic mass is 35.5. The fourth-order valence-electron chi connectivity index (χ4n) is 1.56. The third-order valence-electron chi connectivity index (χ3n) is 2.45. The van der Waals surface area contributed by atoms with Crippen molar-refractivity contribution in [3.63, 3.8) is 0 Å². The van der Waals surface area contributed by atoms with Crippen LogP contribution in [-0.2, 0) is 9.53 Å². The van der Waals surface area contributed by atoms with Crippen LogP contribution in [0.1, 0.15) is 6.42 Å². The lowest BCUT2D eigenvalue weighted by molar-refractivity contribution is -0.155. The molecule has 0 heterocycles. The van der Waals surface area contributed by atoms with Gasteiger partial charge >= 0.3 is 5.97 Å². The third kappa shape index (κ3) is 2.00. The van der Waals surface area contributed by atoms with Gasteiger partial charge in [-0.1, -0.05) is 0 Å². The highest BCUT2D eigenvalue weighted by Crippen LogP contribution is 2.30. The molecule has 82 valence electrons. The van der Waals surface area contributed by atoms with Crippen molar-refractivity contribution in [2.24, 2.45) is 5.92 Å². The monoisotopic (exact) mass is 224 g/mol. The maximum absolute atomic E-state index is 11.2. The van der Waals surface area contributed by atoms with Gasteiger partial charge in [0.15, 0.2) is 0 Å². The van der Waals surface area contributed by atoms with Gasteiger partial charge in [0.05, 0.1) is 30.6 Å². The van der Waals surface area contributed by atoms with E-state index in [9.17, 15) is 20.1 Å². The fraction of sp³-hybridized carbons (Fsp3) is 0.875. The van der Waals surface area contributed by atoms with Gasteiger partial charge in [-0.05, 0) is 6.42 Å². The zero-order valence-corrected chi connectivity index (χ0v) is 8.39. The van der Waals surface area contributed by atoms with E-state index in [0.29, 0.717) is 0 Å². The highest BCUT2D eigenvalue weighted by Gasteiger charge is 2.45. The molecule has 1 rings (SSSR count). The number of hydrogen-bond donors (Lipinski definition) is 3. The number of hydrogen-bond acceptors (Lipinski definition) is 5. The van der Waals surface area contributed by atoms with Gasteiger partial charge in [0.2, 0.25) is 0 Å². The Morgan fingerprint density at radius 3 is 2.43 bits per heavy atom. The molecule has 1 aliphatic carbocycles. The second kappa shape index (κ2) is 4.44. The Morgan fingerprint density at radius 1 is 1.36 bits per heavy atom. The molecule has 3 N–H and O–H groups in total. The minimum Gasteiger partial charge on any atom is -0.469 e. The molecule has 1 saturated carbocycles. The summed E-state index contributed by atoms with van der Waals surface area (Å²) in [4.78, 5) is 11.2. The molecule has 0 aromatic carbocycles. The molecule has 0 saturated heterocycles. The first-order chi connectivity index (χ1) is 6.49. The lowest BCUT2D eigenvalue weighted by atomic mass is 9.83. The third-order valence-corrected chi connectivity index (χ3v) is 3.02. The normalized spacial score (nSPS) is 43.4. The van der Waals surface area contributed by atoms with Crippen LogP contribution in [0.4, 0.5) is 0 Å². The van der Waals surface area contributed by atoms with Crippen molar-refractivity contribution in [2.75, 3.05) is 7.11 Å². The molecular weight excluding hydrogens is 212 g/mol. The summed E-state index contributed by atoms with van der Waals surface area (Å²) < 4.78 is 4.46. The van der Waals surface area contributed by atoms with E-state index in [4.69, 9.17) is 11.6 Å². The highest BCUT2D eigenvalue weighted by molar-refractivity contribution is 6.22. The number of carbonyl (C=O) groups excluding carboxylic acids is 1. The van der Waals surface area contributed by atoms with Crippen molar-refractivity contribution >= 4 is 17.6 Å². The molecule has 6 heteroatoms. The first-order valence-electron chi connectivity index (χ1n) is 4.25. The summed E-state index contributed by atoms with van der Waals surface area (Å²) in [5.74, 6) is -1.37. The number of halogens is 1. The van der Waals surface area contributed by atoms with Crippen LogP contribution in [0.3, 0.4) is 0 Å². The van der Waals surface area contributed by atoms with E-state index in [-0.39, 0.29) is 6.42 Å². The number of methoxy groups -OCH3 is 1. The lowest BCUT2D eigenvalue weighted by Gasteiger charge is -2.36. The Balaban J connectivity index is 2.75. The smallest absolute Gasteiger partial charge is 0.310 e. The Labute approximate surface area is 86.2 Å². The van der Waals surface area contributed by atoms with Gasteiger partial charge in [-0.3, -0.25) is 4.79 Å². The number of aliphatic hydroxyl groups is 3. The van der Waals surface area contributed by atoms with Gasteiger partial charge in [-0.2, -0.15) is 0 Å². The molecule has 1 aliphatic rings. The predicted molar refractivity (Wildman–Crippen MR) is 47.8 cm³/mol. The second-order valence-corrected chi connectivity index (χ2v) is 3.86. The van der Waals surface area contributed by atoms with Crippen LogP contribution >= 0.6 is 11.6 Å². The topological polar surface area (TPSA) is 87.0 Å². The van der Waals surface area contributed by atoms with Crippen LogP contribution in [0.15, 0.2) is 0 Å². The average molecular weight is 225 g/mol. The number of esters is 1. The van der Waals surface area contributed by atoms with Crippen molar-refractivity contribution in [2.45, 2.75) is 30.1 Å². The standard InChI is InChI=1S/C8H13ClO5/c1-14-8(13)3-2-4(10)6(11)7(12)5(3)9/h3-7,10-12H,2H2,1H3/t3-,4+,5?,6-,7+/m0/s1. The molecular formula is C8H13ClO5. The molecule has 1 fully saturated rings. The van der Waals surface area contributed by atoms with E-state index < -0.39 is 35.6 Å². The number of alkyl halides is 1. The molecule has 0 bridgehead atoms. The number of ether oxygens (including phenoxy) is 1. The Morgan fingerprint density at radius 2 is 1.93 bits per heavy atom. The molecule has 5 atom stereocenters. The lowest BCUT2D eigenvalue weighted by Crippen LogP contribution is -2.53. The SMILES string of the molecule is COC(=O)[C@H]1C[C@@H](O)[C@H](O)[C@H](O)C1Cl. The van der Waals surface area contributed by atoms with E-state index >= 15 is 0 Å². The summed E-state index contributed by atoms with van der Waals surface area (Å²) in [6.07, 6.45) is -3.77. The molecule has 0 amide bonds. The van der Waals surface area contributed by atoms with E-state index in [1.807, 2.05) is 0 Å². The Hall–Kier alpha value is -0.360. The molecule has 0 aromatic rings. The molecule has 14 heavy (non-hydrogen) atoms. The predicted octanol–water partition coefficient (Wildman–Crippen LogP) is -1.13. The van der Waals surface area contributed by atoms with Gasteiger partial charge < -0.3 is 20.1 Å². The van der Waals surface area contributed by atoms with Crippen molar-refractivity contribution in [3.05, 3.63) is 0 Å². The van der Waals surface area contributed by atoms with E-state index in [0.717, 1.165) is 0 Å². The van der Waals surface area contributed by atoms with Gasteiger partial charge in [-0.15, -0.1) is 11.6 Å². The first kappa shape index (κ1) is 11.7. The van der Waals surface area contributed by atoms with Gasteiger partial charge in [0.1, 0.15) is 6.10 Å². The Bertz CT molecular complexity index is 222. The van der Waals surface area contributed by atoms with Crippen LogP contribution < -0.4 is 0 Å². The largest absolute Gasteiger partial charge is 0.469 e. The van der Waals surface area contributed by atoms with Gasteiger partial charge in [0, 0.05) is 0 Å². The molecule has 0 spiro atoms. The van der Waals surface area contributed by atoms with Crippen molar-refractivity contribution < 1.29 is 24.9 Å². The van der Waals surface area contributed by atoms with Crippen LogP contribution in [0.5, 0.6) is 0 Å². The van der Waals surface area contributed by atoms with E-state index in [1.54, 1.807) is 0 Å². The van der Waals surface area contributed by atoms with E-state index in [2.05, 4.69) is 4.74 Å². The van der Waals surface area contributed by atoms with Crippen LogP contribution in [0, 0.1) is 5.92 Å². The first-order valence-corrected chi connectivity index (χ1v) is 4.68. The molecule has 1 unspecified atom stereocenters. The average Bonchev–Trinajstić information content (AvgIpc) is 2.19. The molecule has 0 aromatic heterocycles. The number of carbonyl (C=O) groups is 1. The summed E-state index contributed by atoms with van der Waals surface area (Å²) in [7, 11) is 1.20. The minimum absolute atomic E-state index is 0.000926. The summed E-state index contributed by atoms with van der Waals surface area (Å²) in [6.45, 7) is 0. The van der Waals surface area contributed by atoms with Crippen LogP contribution in [0.25, 0.3) is 0 Å². The Kier molecular flexibility index (Phi) is 3.71. The maximum atomic E-state index is 11.2. The zero-order chi connectivity index (χ0) is 10.9. The summed E-state index contributed by atoms with van der Waals surface area (Å²) in [6, 6.07) is 0. The van der Waals surface area contributed by atoms with Crippen LogP contribution in [0.2, 0.25) is 0 Å². The van der Waals surface area contributed by atoms with Crippen molar-refractivity contribution in [1.29, 1.82) is 0 Å². The number of aliphatic hydroxyl groups excluding tert-OH is 3. The molecule has 0 aliphatic heterocycles. The second-order valence-electron chi connectivity index (χ2n) is 3.36. The summed E-state index contributed by atoms with van der Waals surface area (Å²) in [5, 5.41) is 27.0. The maximum Gasteiger partial charge on any atom is 0.310 e. The fourth-order valence-corrected chi connectivity index (χ4v) is 1.92. The van der Waals surface area contributed by atoms with Gasteiger partial charge in [-0.25, -0.2) is 0 Å². The van der Waals surface area contributed by atoms with E-state index in [1.165, 1.54) is 7.11 Å². The van der Waals surface area contributed by atoms with Crippen molar-refractivity contribution in [1.82, 2.24) is 0 Å². The van der Waals surface area contributed by atoms with Gasteiger partial charge in [0.25, 0.3) is 0 Å². The summed E-state index contributed by atoms with van der Waals surface area (Å²) in [5.41, 5.74) is 0. The summed E-state index contributed by atoms with van der Waals surface area (Å²) >= 11 is 5.74. The van der Waals surface area contributed by atoms with Crippen molar-refractivity contribution in [3.8, 4) is 0 Å². The van der Waals surface area contributed by atoms with Crippen LogP contribution in [-0.4, -0.2) is 52.1 Å². The molecule has 0 radical (unpaired) electrons.